The van der Waals surface area contributed by atoms with Gasteiger partial charge in [-0.3, -0.25) is 0 Å². The van der Waals surface area contributed by atoms with E-state index in [9.17, 15) is 14.7 Å². The van der Waals surface area contributed by atoms with Crippen molar-refractivity contribution in [3.8, 4) is 11.1 Å². The molecule has 1 fully saturated rings. The van der Waals surface area contributed by atoms with Crippen molar-refractivity contribution in [2.75, 3.05) is 13.2 Å². The third-order valence-corrected chi connectivity index (χ3v) is 5.81. The summed E-state index contributed by atoms with van der Waals surface area (Å²) >= 11 is 0. The molecule has 1 saturated carbocycles. The Hall–Kier alpha value is -3.51. The van der Waals surface area contributed by atoms with Gasteiger partial charge in [-0.1, -0.05) is 53.6 Å². The lowest BCUT2D eigenvalue weighted by Gasteiger charge is -2.23. The summed E-state index contributed by atoms with van der Waals surface area (Å²) in [4.78, 5) is 26.8. The molecule has 8 heteroatoms. The highest BCUT2D eigenvalue weighted by atomic mass is 16.5. The van der Waals surface area contributed by atoms with E-state index in [-0.39, 0.29) is 19.1 Å². The minimum absolute atomic E-state index is 0.0319. The summed E-state index contributed by atoms with van der Waals surface area (Å²) in [6, 6.07) is 14.8. The Morgan fingerprint density at radius 2 is 1.76 bits per heavy atom. The molecule has 0 aliphatic heterocycles. The van der Waals surface area contributed by atoms with Crippen LogP contribution in [-0.2, 0) is 9.53 Å². The smallest absolute Gasteiger partial charge is 0.407 e. The van der Waals surface area contributed by atoms with Crippen molar-refractivity contribution >= 4 is 12.1 Å². The molecule has 0 radical (unpaired) electrons. The van der Waals surface area contributed by atoms with E-state index < -0.39 is 23.5 Å². The molecule has 0 saturated heterocycles. The fourth-order valence-corrected chi connectivity index (χ4v) is 4.11. The van der Waals surface area contributed by atoms with E-state index in [1.165, 1.54) is 0 Å². The number of fused-ring (bicyclic) bond motifs is 3. The van der Waals surface area contributed by atoms with Crippen molar-refractivity contribution in [1.29, 1.82) is 0 Å². The highest BCUT2D eigenvalue weighted by Gasteiger charge is 2.53. The SMILES string of the molecule is [N-]=[N+]=NCC1([C@H](NC(=O)OCC2c3ccccc3-c3ccccc32)C(=O)O)CC1. The third kappa shape index (κ3) is 3.50. The molecule has 0 spiro atoms. The predicted octanol–water partition coefficient (Wildman–Crippen LogP) is 4.07. The van der Waals surface area contributed by atoms with Crippen molar-refractivity contribution in [3.05, 3.63) is 70.1 Å². The maximum Gasteiger partial charge on any atom is 0.407 e. The number of rotatable bonds is 7. The lowest BCUT2D eigenvalue weighted by Crippen LogP contribution is -2.48. The van der Waals surface area contributed by atoms with Gasteiger partial charge in [0, 0.05) is 22.8 Å². The number of ether oxygens (including phenoxy) is 1. The second-order valence-electron chi connectivity index (χ2n) is 7.49. The lowest BCUT2D eigenvalue weighted by atomic mass is 9.96. The molecule has 8 nitrogen and oxygen atoms in total. The van der Waals surface area contributed by atoms with Gasteiger partial charge in [0.05, 0.1) is 0 Å². The van der Waals surface area contributed by atoms with Gasteiger partial charge < -0.3 is 15.2 Å². The largest absolute Gasteiger partial charge is 0.480 e. The zero-order chi connectivity index (χ0) is 20.4. The van der Waals surface area contributed by atoms with Crippen LogP contribution in [0.3, 0.4) is 0 Å². The summed E-state index contributed by atoms with van der Waals surface area (Å²) in [7, 11) is 0. The van der Waals surface area contributed by atoms with Gasteiger partial charge in [0.25, 0.3) is 0 Å². The number of nitrogens with zero attached hydrogens (tertiary/aromatic N) is 3. The topological polar surface area (TPSA) is 124 Å². The number of carboxylic acid groups (broad SMARTS) is 1. The van der Waals surface area contributed by atoms with E-state index in [1.807, 2.05) is 48.5 Å². The Kier molecular flexibility index (Phi) is 4.86. The van der Waals surface area contributed by atoms with Crippen molar-refractivity contribution in [1.82, 2.24) is 5.32 Å². The fraction of sp³-hybridized carbons (Fsp3) is 0.333. The molecule has 0 heterocycles. The molecule has 2 aromatic rings. The van der Waals surface area contributed by atoms with Crippen LogP contribution in [0.1, 0.15) is 29.9 Å². The molecule has 0 aromatic heterocycles. The molecule has 2 aromatic carbocycles. The van der Waals surface area contributed by atoms with Gasteiger partial charge in [0.1, 0.15) is 12.6 Å². The minimum Gasteiger partial charge on any atom is -0.480 e. The van der Waals surface area contributed by atoms with E-state index in [4.69, 9.17) is 10.3 Å². The molecule has 2 aliphatic rings. The highest BCUT2D eigenvalue weighted by Crippen LogP contribution is 2.49. The molecule has 2 N–H and O–H groups in total. The lowest BCUT2D eigenvalue weighted by molar-refractivity contribution is -0.141. The molecule has 148 valence electrons. The van der Waals surface area contributed by atoms with Gasteiger partial charge >= 0.3 is 12.1 Å². The van der Waals surface area contributed by atoms with Gasteiger partial charge in [0.2, 0.25) is 0 Å². The van der Waals surface area contributed by atoms with Gasteiger partial charge in [-0.25, -0.2) is 9.59 Å². The minimum atomic E-state index is -1.16. The molecule has 0 unspecified atom stereocenters. The summed E-state index contributed by atoms with van der Waals surface area (Å²) in [6.07, 6.45) is 0.366. The van der Waals surface area contributed by atoms with E-state index in [2.05, 4.69) is 15.3 Å². The molecule has 29 heavy (non-hydrogen) atoms. The number of benzene rings is 2. The Morgan fingerprint density at radius 3 is 2.28 bits per heavy atom. The van der Waals surface area contributed by atoms with Crippen LogP contribution in [0.25, 0.3) is 21.6 Å². The van der Waals surface area contributed by atoms with Gasteiger partial charge in [-0.2, -0.15) is 0 Å². The zero-order valence-electron chi connectivity index (χ0n) is 15.6. The summed E-state index contributed by atoms with van der Waals surface area (Å²) in [6.45, 7) is 0.139. The van der Waals surface area contributed by atoms with Crippen LogP contribution in [0.2, 0.25) is 0 Å². The normalized spacial score (nSPS) is 16.7. The predicted molar refractivity (Wildman–Crippen MR) is 105 cm³/mol. The van der Waals surface area contributed by atoms with E-state index in [0.29, 0.717) is 12.8 Å². The number of alkyl carbamates (subject to hydrolysis) is 1. The second-order valence-corrected chi connectivity index (χ2v) is 7.49. The van der Waals surface area contributed by atoms with E-state index in [1.54, 1.807) is 0 Å². The van der Waals surface area contributed by atoms with E-state index >= 15 is 0 Å². The van der Waals surface area contributed by atoms with Crippen LogP contribution in [0.4, 0.5) is 4.79 Å². The summed E-state index contributed by atoms with van der Waals surface area (Å²) in [5, 5.41) is 15.5. The second kappa shape index (κ2) is 7.48. The van der Waals surface area contributed by atoms with E-state index in [0.717, 1.165) is 22.3 Å². The number of carboxylic acids is 1. The van der Waals surface area contributed by atoms with Crippen molar-refractivity contribution < 1.29 is 19.4 Å². The summed E-state index contributed by atoms with van der Waals surface area (Å²) in [5.74, 6) is -1.27. The first-order valence-corrected chi connectivity index (χ1v) is 9.41. The number of carbonyl (C=O) groups excluding carboxylic acids is 1. The zero-order valence-corrected chi connectivity index (χ0v) is 15.6. The average Bonchev–Trinajstić information content (AvgIpc) is 3.45. The van der Waals surface area contributed by atoms with Crippen LogP contribution >= 0.6 is 0 Å². The Bertz CT molecular complexity index is 966. The van der Waals surface area contributed by atoms with Gasteiger partial charge in [0.15, 0.2) is 0 Å². The number of azide groups is 1. The maximum absolute atomic E-state index is 12.4. The third-order valence-electron chi connectivity index (χ3n) is 5.81. The Labute approximate surface area is 167 Å². The number of carbonyl (C=O) groups is 2. The Morgan fingerprint density at radius 1 is 1.17 bits per heavy atom. The number of hydrogen-bond acceptors (Lipinski definition) is 4. The Balaban J connectivity index is 1.46. The monoisotopic (exact) mass is 392 g/mol. The quantitative estimate of drug-likeness (QED) is 0.418. The first-order valence-electron chi connectivity index (χ1n) is 9.41. The maximum atomic E-state index is 12.4. The number of hydrogen-bond donors (Lipinski definition) is 2. The molecule has 1 atom stereocenters. The molecular weight excluding hydrogens is 372 g/mol. The molecule has 2 aliphatic carbocycles. The van der Waals surface area contributed by atoms with Crippen molar-refractivity contribution in [2.45, 2.75) is 24.8 Å². The fourth-order valence-electron chi connectivity index (χ4n) is 4.11. The van der Waals surface area contributed by atoms with Gasteiger partial charge in [-0.05, 0) is 40.6 Å². The van der Waals surface area contributed by atoms with Crippen molar-refractivity contribution in [2.24, 2.45) is 10.5 Å². The number of nitrogens with one attached hydrogen (secondary N) is 1. The van der Waals surface area contributed by atoms with Crippen LogP contribution in [-0.4, -0.2) is 36.4 Å². The summed E-state index contributed by atoms with van der Waals surface area (Å²) < 4.78 is 5.43. The summed E-state index contributed by atoms with van der Waals surface area (Å²) in [5.41, 5.74) is 12.2. The molecule has 4 rings (SSSR count). The van der Waals surface area contributed by atoms with Crippen molar-refractivity contribution in [3.63, 3.8) is 0 Å². The first-order chi connectivity index (χ1) is 14.1. The van der Waals surface area contributed by atoms with Crippen LogP contribution in [0, 0.1) is 5.41 Å². The standard InChI is InChI=1S/C21H20N4O4/c22-25-23-12-21(9-10-21)18(19(26)27)24-20(28)29-11-17-15-7-3-1-5-13(15)14-6-2-4-8-16(14)17/h1-8,17-18H,9-12H2,(H,24,28)(H,26,27)/t18-/m1/s1. The van der Waals surface area contributed by atoms with Crippen LogP contribution in [0.5, 0.6) is 0 Å². The number of aliphatic carboxylic acids is 1. The average molecular weight is 392 g/mol. The highest BCUT2D eigenvalue weighted by molar-refractivity contribution is 5.82. The number of amides is 1. The van der Waals surface area contributed by atoms with Crippen LogP contribution < -0.4 is 5.32 Å². The van der Waals surface area contributed by atoms with Gasteiger partial charge in [-0.15, -0.1) is 0 Å². The first kappa shape index (κ1) is 18.8. The van der Waals surface area contributed by atoms with Crippen LogP contribution in [0.15, 0.2) is 53.6 Å². The molecular formula is C21H20N4O4. The molecule has 1 amide bonds. The molecule has 0 bridgehead atoms.